The number of rotatable bonds is 0. The van der Waals surface area contributed by atoms with Gasteiger partial charge in [-0.2, -0.15) is 0 Å². The van der Waals surface area contributed by atoms with Crippen LogP contribution >= 0.6 is 12.2 Å². The summed E-state index contributed by atoms with van der Waals surface area (Å²) in [5.41, 5.74) is 12.0. The second-order valence-corrected chi connectivity index (χ2v) is 0.737. The minimum atomic E-state index is -0.500. The standard InChI is InChI=1S/CH3N2S.Fe/c2-1(3)4;/h(H3-,2,3,4);/q-1;+2/p-1. The number of hydrogen-bond donors (Lipinski definition) is 0. The van der Waals surface area contributed by atoms with Crippen LogP contribution < -0.4 is 0 Å². The number of hydrogen-bond acceptors (Lipinski definition) is 1. The molecule has 0 saturated heterocycles. The summed E-state index contributed by atoms with van der Waals surface area (Å²) < 4.78 is 0. The molecule has 2 nitrogen and oxygen atoms in total. The van der Waals surface area contributed by atoms with Gasteiger partial charge in [0.25, 0.3) is 0 Å². The molecule has 0 fully saturated rings. The molecule has 4 heteroatoms. The first-order chi connectivity index (χ1) is 1.73. The van der Waals surface area contributed by atoms with E-state index in [1.54, 1.807) is 0 Å². The van der Waals surface area contributed by atoms with Crippen molar-refractivity contribution in [2.75, 3.05) is 0 Å². The molecule has 0 heterocycles. The molecular weight excluding hydrogens is 128 g/mol. The van der Waals surface area contributed by atoms with Crippen LogP contribution in [0.2, 0.25) is 0 Å². The van der Waals surface area contributed by atoms with E-state index in [9.17, 15) is 0 Å². The first kappa shape index (κ1) is 8.96. The zero-order chi connectivity index (χ0) is 3.58. The molecule has 0 radical (unpaired) electrons. The summed E-state index contributed by atoms with van der Waals surface area (Å²) in [7, 11) is 0. The maximum Gasteiger partial charge on any atom is 2.00 e. The van der Waals surface area contributed by atoms with Crippen molar-refractivity contribution in [3.8, 4) is 0 Å². The van der Waals surface area contributed by atoms with Gasteiger partial charge in [-0.15, -0.1) is 12.2 Å². The Hall–Kier alpha value is 0.209. The Bertz CT molecular complexity index is 32.6. The fourth-order valence-electron chi connectivity index (χ4n) is 0. The molecule has 0 aromatic carbocycles. The van der Waals surface area contributed by atoms with Gasteiger partial charge in [-0.1, -0.05) is 0 Å². The molecule has 0 aromatic heterocycles. The van der Waals surface area contributed by atoms with Crippen molar-refractivity contribution >= 4 is 17.3 Å². The monoisotopic (exact) mass is 130 g/mol. The van der Waals surface area contributed by atoms with E-state index in [1.165, 1.54) is 0 Å². The van der Waals surface area contributed by atoms with Gasteiger partial charge in [0.1, 0.15) is 0 Å². The van der Waals surface area contributed by atoms with Crippen molar-refractivity contribution in [3.63, 3.8) is 0 Å². The molecule has 0 aliphatic rings. The molecule has 0 amide bonds. The van der Waals surface area contributed by atoms with Gasteiger partial charge in [-0.25, -0.2) is 5.11 Å². The van der Waals surface area contributed by atoms with Crippen LogP contribution in [0.1, 0.15) is 0 Å². The van der Waals surface area contributed by atoms with E-state index in [2.05, 4.69) is 12.2 Å². The van der Waals surface area contributed by atoms with Crippen LogP contribution in [0.4, 0.5) is 0 Å². The molecule has 0 aliphatic carbocycles. The van der Waals surface area contributed by atoms with Gasteiger partial charge in [-0.3, -0.25) is 0 Å². The van der Waals surface area contributed by atoms with Crippen molar-refractivity contribution in [2.45, 2.75) is 0 Å². The van der Waals surface area contributed by atoms with Crippen molar-refractivity contribution < 1.29 is 17.1 Å². The maximum absolute atomic E-state index is 5.98. The van der Waals surface area contributed by atoms with E-state index in [4.69, 9.17) is 11.5 Å². The van der Waals surface area contributed by atoms with E-state index in [1.807, 2.05) is 0 Å². The summed E-state index contributed by atoms with van der Waals surface area (Å²) in [5.74, 6) is 0. The third-order valence-corrected chi connectivity index (χ3v) is 0. The molecular formula is CH2FeN2S. The van der Waals surface area contributed by atoms with Gasteiger partial charge in [0, 0.05) is 0 Å². The van der Waals surface area contributed by atoms with Crippen LogP contribution in [-0.4, -0.2) is 5.11 Å². The fourth-order valence-corrected chi connectivity index (χ4v) is 0. The van der Waals surface area contributed by atoms with Crippen LogP contribution in [-0.2, 0) is 17.1 Å². The number of nitrogens with one attached hydrogen (secondary N) is 2. The third-order valence-electron chi connectivity index (χ3n) is 0. The summed E-state index contributed by atoms with van der Waals surface area (Å²) in [6, 6.07) is 0. The van der Waals surface area contributed by atoms with Crippen LogP contribution in [0, 0.1) is 0 Å². The van der Waals surface area contributed by atoms with Crippen LogP contribution in [0.25, 0.3) is 11.5 Å². The molecule has 0 aromatic rings. The second-order valence-electron chi connectivity index (χ2n) is 0.329. The molecule has 0 aliphatic heterocycles. The molecule has 0 atom stereocenters. The Morgan fingerprint density at radius 1 is 1.40 bits per heavy atom. The van der Waals surface area contributed by atoms with Gasteiger partial charge in [-0.05, 0) is 0 Å². The molecule has 0 spiro atoms. The van der Waals surface area contributed by atoms with E-state index >= 15 is 0 Å². The fraction of sp³-hybridized carbons (Fsp3) is 0. The van der Waals surface area contributed by atoms with Gasteiger partial charge < -0.3 is 11.5 Å². The smallest absolute Gasteiger partial charge is 0.709 e. The SMILES string of the molecule is [Fe+2].[NH-]C([NH-])=S. The predicted octanol–water partition coefficient (Wildman–Crippen LogP) is 1.37. The molecule has 30 valence electrons. The van der Waals surface area contributed by atoms with Crippen molar-refractivity contribution in [2.24, 2.45) is 0 Å². The average Bonchev–Trinajstić information content (AvgIpc) is 0.811. The predicted molar refractivity (Wildman–Crippen MR) is 21.2 cm³/mol. The molecule has 0 saturated carbocycles. The summed E-state index contributed by atoms with van der Waals surface area (Å²) >= 11 is 3.87. The minimum Gasteiger partial charge on any atom is -0.709 e. The summed E-state index contributed by atoms with van der Waals surface area (Å²) in [4.78, 5) is 0. The zero-order valence-electron chi connectivity index (χ0n) is 2.26. The third kappa shape index (κ3) is 468. The van der Waals surface area contributed by atoms with Gasteiger partial charge >= 0.3 is 17.1 Å². The minimum absolute atomic E-state index is 0. The maximum atomic E-state index is 5.98. The normalized spacial score (nSPS) is 4.80. The van der Waals surface area contributed by atoms with E-state index in [0.29, 0.717) is 0 Å². The van der Waals surface area contributed by atoms with Crippen LogP contribution in [0.15, 0.2) is 0 Å². The quantitative estimate of drug-likeness (QED) is 0.360. The van der Waals surface area contributed by atoms with Crippen LogP contribution in [0.5, 0.6) is 0 Å². The Morgan fingerprint density at radius 3 is 1.40 bits per heavy atom. The number of thiocarbonyl (C=S) groups is 1. The first-order valence-electron chi connectivity index (χ1n) is 0.704. The Morgan fingerprint density at radius 2 is 1.40 bits per heavy atom. The zero-order valence-corrected chi connectivity index (χ0v) is 4.18. The first-order valence-corrected chi connectivity index (χ1v) is 1.11. The molecule has 0 unspecified atom stereocenters. The van der Waals surface area contributed by atoms with Crippen molar-refractivity contribution in [3.05, 3.63) is 11.5 Å². The van der Waals surface area contributed by atoms with Gasteiger partial charge in [0.15, 0.2) is 0 Å². The van der Waals surface area contributed by atoms with Crippen LogP contribution in [0.3, 0.4) is 0 Å². The Labute approximate surface area is 46.4 Å². The van der Waals surface area contributed by atoms with Gasteiger partial charge in [0.2, 0.25) is 0 Å². The van der Waals surface area contributed by atoms with Gasteiger partial charge in [0.05, 0.1) is 0 Å². The average molecular weight is 130 g/mol. The largest absolute Gasteiger partial charge is 2.00 e. The molecule has 0 bridgehead atoms. The molecule has 5 heavy (non-hydrogen) atoms. The second kappa shape index (κ2) is 4.21. The van der Waals surface area contributed by atoms with Crippen molar-refractivity contribution in [1.29, 1.82) is 0 Å². The topological polar surface area (TPSA) is 47.6 Å². The molecule has 0 rings (SSSR count). The van der Waals surface area contributed by atoms with E-state index in [-0.39, 0.29) is 17.1 Å². The summed E-state index contributed by atoms with van der Waals surface area (Å²) in [5, 5.41) is -0.500. The molecule has 2 N–H and O–H groups in total. The van der Waals surface area contributed by atoms with E-state index < -0.39 is 5.11 Å². The summed E-state index contributed by atoms with van der Waals surface area (Å²) in [6.45, 7) is 0. The Kier molecular flexibility index (Phi) is 7.54. The summed E-state index contributed by atoms with van der Waals surface area (Å²) in [6.07, 6.45) is 0. The van der Waals surface area contributed by atoms with Crippen molar-refractivity contribution in [1.82, 2.24) is 0 Å². The Balaban J connectivity index is 0. The van der Waals surface area contributed by atoms with E-state index in [0.717, 1.165) is 0 Å².